The third kappa shape index (κ3) is 6.15. The number of hydrazine groups is 1. The minimum atomic E-state index is -0.687. The number of piperazine rings is 1. The standard InChI is InChI=1S/C29H35N5O4/c1-4-15-32-20-26(35)33-25(34(32)29(37)30-18-23-11-7-5-8-12-23)19-31(28(36)27(33)22(2)3)16-17-38-21-24-13-9-6-10-14-24/h1,5-14,22,25,27H,15-21H2,2-3H3,(H,30,37)/t25-,27-/m0/s1. The topological polar surface area (TPSA) is 85.4 Å². The van der Waals surface area contributed by atoms with Crippen LogP contribution in [0.3, 0.4) is 0 Å². The number of carbonyl (C=O) groups excluding carboxylic acids is 3. The number of urea groups is 1. The van der Waals surface area contributed by atoms with E-state index in [4.69, 9.17) is 11.2 Å². The molecule has 2 saturated heterocycles. The number of hydrogen-bond acceptors (Lipinski definition) is 5. The molecule has 0 aliphatic carbocycles. The molecule has 0 unspecified atom stereocenters. The Morgan fingerprint density at radius 3 is 2.37 bits per heavy atom. The maximum absolute atomic E-state index is 13.5. The van der Waals surface area contributed by atoms with Gasteiger partial charge in [-0.3, -0.25) is 9.59 Å². The number of nitrogens with zero attached hydrogens (tertiary/aromatic N) is 4. The van der Waals surface area contributed by atoms with Gasteiger partial charge in [-0.15, -0.1) is 6.42 Å². The van der Waals surface area contributed by atoms with Crippen LogP contribution in [0.2, 0.25) is 0 Å². The van der Waals surface area contributed by atoms with Gasteiger partial charge in [0.1, 0.15) is 12.2 Å². The first-order chi connectivity index (χ1) is 18.4. The van der Waals surface area contributed by atoms with Crippen LogP contribution in [-0.4, -0.2) is 82.7 Å². The van der Waals surface area contributed by atoms with Gasteiger partial charge >= 0.3 is 6.03 Å². The van der Waals surface area contributed by atoms with Gasteiger partial charge in [-0.05, 0) is 17.0 Å². The fourth-order valence-electron chi connectivity index (χ4n) is 4.99. The Balaban J connectivity index is 1.52. The molecule has 38 heavy (non-hydrogen) atoms. The first kappa shape index (κ1) is 27.2. The minimum Gasteiger partial charge on any atom is -0.375 e. The van der Waals surface area contributed by atoms with Crippen LogP contribution in [0.1, 0.15) is 25.0 Å². The lowest BCUT2D eigenvalue weighted by Crippen LogP contribution is -2.77. The lowest BCUT2D eigenvalue weighted by molar-refractivity contribution is -0.192. The van der Waals surface area contributed by atoms with Crippen molar-refractivity contribution in [2.24, 2.45) is 5.92 Å². The quantitative estimate of drug-likeness (QED) is 0.408. The second-order valence-electron chi connectivity index (χ2n) is 9.81. The average Bonchev–Trinajstić information content (AvgIpc) is 2.91. The molecule has 0 radical (unpaired) electrons. The van der Waals surface area contributed by atoms with E-state index in [1.165, 1.54) is 5.01 Å². The molecule has 9 nitrogen and oxygen atoms in total. The second kappa shape index (κ2) is 12.6. The molecule has 2 heterocycles. The van der Waals surface area contributed by atoms with Crippen LogP contribution in [-0.2, 0) is 27.5 Å². The maximum Gasteiger partial charge on any atom is 0.334 e. The van der Waals surface area contributed by atoms with E-state index in [1.54, 1.807) is 14.8 Å². The van der Waals surface area contributed by atoms with Gasteiger partial charge in [0.25, 0.3) is 0 Å². The third-order valence-corrected chi connectivity index (χ3v) is 6.78. The summed E-state index contributed by atoms with van der Waals surface area (Å²) in [5.74, 6) is 2.06. The molecule has 4 rings (SSSR count). The van der Waals surface area contributed by atoms with Crippen LogP contribution < -0.4 is 5.32 Å². The summed E-state index contributed by atoms with van der Waals surface area (Å²) < 4.78 is 5.84. The van der Waals surface area contributed by atoms with Crippen LogP contribution in [0, 0.1) is 18.3 Å². The van der Waals surface area contributed by atoms with E-state index in [1.807, 2.05) is 74.5 Å². The Labute approximate surface area is 224 Å². The Bertz CT molecular complexity index is 1150. The first-order valence-electron chi connectivity index (χ1n) is 12.9. The Hall–Kier alpha value is -3.87. The molecule has 2 fully saturated rings. The summed E-state index contributed by atoms with van der Waals surface area (Å²) in [5, 5.41) is 6.06. The highest BCUT2D eigenvalue weighted by molar-refractivity contribution is 5.91. The normalized spacial score (nSPS) is 19.9. The molecule has 2 aromatic rings. The molecule has 2 aromatic carbocycles. The van der Waals surface area contributed by atoms with Gasteiger partial charge in [-0.25, -0.2) is 9.80 Å². The van der Waals surface area contributed by atoms with Crippen molar-refractivity contribution >= 4 is 17.8 Å². The number of fused-ring (bicyclic) bond motifs is 1. The van der Waals surface area contributed by atoms with Crippen molar-refractivity contribution in [1.82, 2.24) is 25.1 Å². The van der Waals surface area contributed by atoms with E-state index in [-0.39, 0.29) is 43.4 Å². The average molecular weight is 518 g/mol. The summed E-state index contributed by atoms with van der Waals surface area (Å²) in [4.78, 5) is 43.7. The summed E-state index contributed by atoms with van der Waals surface area (Å²) in [6.07, 6.45) is 4.92. The Kier molecular flexibility index (Phi) is 9.00. The molecule has 0 spiro atoms. The maximum atomic E-state index is 13.5. The van der Waals surface area contributed by atoms with Crippen LogP contribution in [0.5, 0.6) is 0 Å². The van der Waals surface area contributed by atoms with E-state index in [9.17, 15) is 14.4 Å². The highest BCUT2D eigenvalue weighted by Gasteiger charge is 2.52. The number of ether oxygens (including phenoxy) is 1. The fraction of sp³-hybridized carbons (Fsp3) is 0.414. The first-order valence-corrected chi connectivity index (χ1v) is 12.9. The molecule has 2 aliphatic rings. The zero-order valence-electron chi connectivity index (χ0n) is 22.0. The predicted molar refractivity (Wildman–Crippen MR) is 143 cm³/mol. The van der Waals surface area contributed by atoms with Crippen molar-refractivity contribution in [3.05, 3.63) is 71.8 Å². The fourth-order valence-corrected chi connectivity index (χ4v) is 4.99. The zero-order chi connectivity index (χ0) is 27.1. The SMILES string of the molecule is C#CCN1CC(=O)N2[C@@H](C(C)C)C(=O)N(CCOCc3ccccc3)C[C@@H]2N1C(=O)NCc1ccccc1. The molecule has 200 valence electrons. The largest absolute Gasteiger partial charge is 0.375 e. The minimum absolute atomic E-state index is 0.0733. The zero-order valence-corrected chi connectivity index (χ0v) is 22.0. The number of benzene rings is 2. The molecule has 9 heteroatoms. The smallest absolute Gasteiger partial charge is 0.334 e. The Morgan fingerprint density at radius 2 is 1.74 bits per heavy atom. The summed E-state index contributed by atoms with van der Waals surface area (Å²) >= 11 is 0. The monoisotopic (exact) mass is 517 g/mol. The van der Waals surface area contributed by atoms with Crippen molar-refractivity contribution in [2.45, 2.75) is 39.2 Å². The molecule has 1 N–H and O–H groups in total. The van der Waals surface area contributed by atoms with Gasteiger partial charge in [-0.2, -0.15) is 5.01 Å². The Morgan fingerprint density at radius 1 is 1.08 bits per heavy atom. The summed E-state index contributed by atoms with van der Waals surface area (Å²) in [6.45, 7) is 5.46. The van der Waals surface area contributed by atoms with E-state index in [2.05, 4.69) is 11.2 Å². The summed E-state index contributed by atoms with van der Waals surface area (Å²) in [7, 11) is 0. The van der Waals surface area contributed by atoms with Crippen molar-refractivity contribution in [2.75, 3.05) is 32.8 Å². The molecule has 2 aliphatic heterocycles. The highest BCUT2D eigenvalue weighted by atomic mass is 16.5. The third-order valence-electron chi connectivity index (χ3n) is 6.78. The number of amides is 4. The van der Waals surface area contributed by atoms with E-state index >= 15 is 0 Å². The number of carbonyl (C=O) groups is 3. The van der Waals surface area contributed by atoms with Crippen molar-refractivity contribution in [3.8, 4) is 12.3 Å². The van der Waals surface area contributed by atoms with E-state index in [0.29, 0.717) is 26.3 Å². The van der Waals surface area contributed by atoms with Crippen LogP contribution in [0.4, 0.5) is 4.79 Å². The van der Waals surface area contributed by atoms with E-state index < -0.39 is 12.2 Å². The molecule has 4 amide bonds. The van der Waals surface area contributed by atoms with Crippen molar-refractivity contribution < 1.29 is 19.1 Å². The van der Waals surface area contributed by atoms with Crippen LogP contribution in [0.25, 0.3) is 0 Å². The summed E-state index contributed by atoms with van der Waals surface area (Å²) in [6, 6.07) is 18.3. The second-order valence-corrected chi connectivity index (χ2v) is 9.81. The van der Waals surface area contributed by atoms with Gasteiger partial charge in [0.2, 0.25) is 11.8 Å². The lowest BCUT2D eigenvalue weighted by Gasteiger charge is -2.55. The van der Waals surface area contributed by atoms with Crippen LogP contribution >= 0.6 is 0 Å². The molecule has 0 saturated carbocycles. The number of rotatable bonds is 9. The molecule has 2 atom stereocenters. The number of terminal acetylenes is 1. The molecule has 0 bridgehead atoms. The van der Waals surface area contributed by atoms with Gasteiger partial charge in [0.05, 0.1) is 32.8 Å². The van der Waals surface area contributed by atoms with Crippen molar-refractivity contribution in [1.29, 1.82) is 0 Å². The van der Waals surface area contributed by atoms with Gasteiger partial charge in [-0.1, -0.05) is 80.4 Å². The predicted octanol–water partition coefficient (Wildman–Crippen LogP) is 2.30. The van der Waals surface area contributed by atoms with E-state index in [0.717, 1.165) is 11.1 Å². The lowest BCUT2D eigenvalue weighted by atomic mass is 9.96. The van der Waals surface area contributed by atoms with Crippen LogP contribution in [0.15, 0.2) is 60.7 Å². The molecular weight excluding hydrogens is 482 g/mol. The number of hydrogen-bond donors (Lipinski definition) is 1. The highest BCUT2D eigenvalue weighted by Crippen LogP contribution is 2.29. The van der Waals surface area contributed by atoms with Crippen molar-refractivity contribution in [3.63, 3.8) is 0 Å². The van der Waals surface area contributed by atoms with Gasteiger partial charge < -0.3 is 19.9 Å². The molecular formula is C29H35N5O4. The van der Waals surface area contributed by atoms with Gasteiger partial charge in [0, 0.05) is 13.1 Å². The summed E-state index contributed by atoms with van der Waals surface area (Å²) in [5.41, 5.74) is 2.00. The van der Waals surface area contributed by atoms with Gasteiger partial charge in [0.15, 0.2) is 0 Å². The molecule has 0 aromatic heterocycles. The number of nitrogens with one attached hydrogen (secondary N) is 1.